The van der Waals surface area contributed by atoms with Gasteiger partial charge in [0.05, 0.1) is 5.92 Å². The van der Waals surface area contributed by atoms with Gasteiger partial charge in [0.2, 0.25) is 0 Å². The highest BCUT2D eigenvalue weighted by atomic mass is 16.4. The van der Waals surface area contributed by atoms with Gasteiger partial charge in [0.15, 0.2) is 0 Å². The predicted molar refractivity (Wildman–Crippen MR) is 40.2 cm³/mol. The number of aliphatic carboxylic acids is 1. The van der Waals surface area contributed by atoms with Gasteiger partial charge in [-0.05, 0) is 37.8 Å². The molecular formula is C8H13NO2. The first-order valence-corrected chi connectivity index (χ1v) is 4.21. The average Bonchev–Trinajstić information content (AvgIpc) is 2.40. The lowest BCUT2D eigenvalue weighted by Gasteiger charge is -2.03. The minimum absolute atomic E-state index is 0.0490. The van der Waals surface area contributed by atoms with Gasteiger partial charge in [-0.2, -0.15) is 0 Å². The summed E-state index contributed by atoms with van der Waals surface area (Å²) in [5, 5.41) is 12.0. The Balaban J connectivity index is 1.99. The minimum atomic E-state index is -0.598. The molecule has 1 saturated heterocycles. The molecule has 0 amide bonds. The summed E-state index contributed by atoms with van der Waals surface area (Å²) in [5.41, 5.74) is 0. The van der Waals surface area contributed by atoms with Crippen molar-refractivity contribution in [2.24, 2.45) is 17.8 Å². The molecule has 2 N–H and O–H groups in total. The first kappa shape index (κ1) is 7.10. The lowest BCUT2D eigenvalue weighted by atomic mass is 10.0. The predicted octanol–water partition coefficient (Wildman–Crippen LogP) is 0.317. The van der Waals surface area contributed by atoms with E-state index in [-0.39, 0.29) is 5.92 Å². The Hall–Kier alpha value is -0.570. The highest BCUT2D eigenvalue weighted by molar-refractivity contribution is 5.70. The number of hydrogen-bond acceptors (Lipinski definition) is 2. The SMILES string of the molecule is O=C(O)C1C[C@@H]2CNC[C@H]2C1. The van der Waals surface area contributed by atoms with Crippen molar-refractivity contribution in [3.63, 3.8) is 0 Å². The highest BCUT2D eigenvalue weighted by Gasteiger charge is 2.40. The Bertz CT molecular complexity index is 169. The second-order valence-electron chi connectivity index (χ2n) is 3.68. The van der Waals surface area contributed by atoms with Crippen molar-refractivity contribution in [3.05, 3.63) is 0 Å². The van der Waals surface area contributed by atoms with E-state index in [0.29, 0.717) is 11.8 Å². The van der Waals surface area contributed by atoms with E-state index in [9.17, 15) is 4.79 Å². The van der Waals surface area contributed by atoms with Crippen LogP contribution in [0.25, 0.3) is 0 Å². The number of carbonyl (C=O) groups is 1. The summed E-state index contributed by atoms with van der Waals surface area (Å²) >= 11 is 0. The van der Waals surface area contributed by atoms with Crippen LogP contribution >= 0.6 is 0 Å². The molecule has 0 aromatic rings. The molecule has 0 spiro atoms. The number of nitrogens with one attached hydrogen (secondary N) is 1. The third-order valence-corrected chi connectivity index (χ3v) is 3.00. The molecule has 0 aromatic carbocycles. The van der Waals surface area contributed by atoms with E-state index in [0.717, 1.165) is 25.9 Å². The van der Waals surface area contributed by atoms with E-state index < -0.39 is 5.97 Å². The summed E-state index contributed by atoms with van der Waals surface area (Å²) in [6.45, 7) is 2.07. The third kappa shape index (κ3) is 1.13. The van der Waals surface area contributed by atoms with Gasteiger partial charge in [0.25, 0.3) is 0 Å². The molecule has 1 heterocycles. The van der Waals surface area contributed by atoms with Crippen molar-refractivity contribution < 1.29 is 9.90 Å². The lowest BCUT2D eigenvalue weighted by Crippen LogP contribution is -2.16. The van der Waals surface area contributed by atoms with E-state index in [1.54, 1.807) is 0 Å². The largest absolute Gasteiger partial charge is 0.481 e. The monoisotopic (exact) mass is 155 g/mol. The highest BCUT2D eigenvalue weighted by Crippen LogP contribution is 2.38. The Morgan fingerprint density at radius 3 is 2.27 bits per heavy atom. The number of carboxylic acids is 1. The van der Waals surface area contributed by atoms with Crippen LogP contribution in [0.3, 0.4) is 0 Å². The Morgan fingerprint density at radius 1 is 1.27 bits per heavy atom. The number of rotatable bonds is 1. The number of carboxylic acid groups (broad SMARTS) is 1. The zero-order valence-electron chi connectivity index (χ0n) is 6.42. The molecule has 2 fully saturated rings. The van der Waals surface area contributed by atoms with E-state index in [4.69, 9.17) is 5.11 Å². The molecule has 2 atom stereocenters. The van der Waals surface area contributed by atoms with Gasteiger partial charge in [0.1, 0.15) is 0 Å². The summed E-state index contributed by atoms with van der Waals surface area (Å²) in [5.74, 6) is 0.652. The summed E-state index contributed by atoms with van der Waals surface area (Å²) in [7, 11) is 0. The van der Waals surface area contributed by atoms with Crippen LogP contribution in [0.15, 0.2) is 0 Å². The van der Waals surface area contributed by atoms with Crippen LogP contribution in [0.1, 0.15) is 12.8 Å². The molecule has 3 nitrogen and oxygen atoms in total. The van der Waals surface area contributed by atoms with E-state index >= 15 is 0 Å². The van der Waals surface area contributed by atoms with Crippen molar-refractivity contribution in [1.29, 1.82) is 0 Å². The fourth-order valence-electron chi connectivity index (χ4n) is 2.37. The standard InChI is InChI=1S/C8H13NO2/c10-8(11)5-1-6-3-9-4-7(6)2-5/h5-7,9H,1-4H2,(H,10,11)/t6-,7-/m1/s1. The van der Waals surface area contributed by atoms with Crippen molar-refractivity contribution in [3.8, 4) is 0 Å². The maximum Gasteiger partial charge on any atom is 0.306 e. The molecule has 2 rings (SSSR count). The topological polar surface area (TPSA) is 49.3 Å². The minimum Gasteiger partial charge on any atom is -0.481 e. The van der Waals surface area contributed by atoms with Crippen LogP contribution in [0.2, 0.25) is 0 Å². The Kier molecular flexibility index (Phi) is 1.60. The Morgan fingerprint density at radius 2 is 1.82 bits per heavy atom. The normalized spacial score (nSPS) is 37.5. The molecule has 2 aliphatic rings. The Labute approximate surface area is 65.8 Å². The molecule has 62 valence electrons. The van der Waals surface area contributed by atoms with Crippen molar-refractivity contribution in [2.45, 2.75) is 12.8 Å². The van der Waals surface area contributed by atoms with Crippen molar-refractivity contribution >= 4 is 5.97 Å². The van der Waals surface area contributed by atoms with Crippen LogP contribution in [-0.4, -0.2) is 24.2 Å². The summed E-state index contributed by atoms with van der Waals surface area (Å²) < 4.78 is 0. The third-order valence-electron chi connectivity index (χ3n) is 3.00. The van der Waals surface area contributed by atoms with Crippen molar-refractivity contribution in [1.82, 2.24) is 5.32 Å². The molecule has 1 saturated carbocycles. The quantitative estimate of drug-likeness (QED) is 0.573. The zero-order chi connectivity index (χ0) is 7.84. The van der Waals surface area contributed by atoms with E-state index in [2.05, 4.69) is 5.32 Å². The van der Waals surface area contributed by atoms with Gasteiger partial charge in [-0.3, -0.25) is 4.79 Å². The zero-order valence-corrected chi connectivity index (χ0v) is 6.42. The molecule has 0 unspecified atom stereocenters. The second-order valence-corrected chi connectivity index (χ2v) is 3.68. The molecule has 1 aliphatic heterocycles. The number of hydrogen-bond donors (Lipinski definition) is 2. The first-order chi connectivity index (χ1) is 5.27. The molecule has 11 heavy (non-hydrogen) atoms. The fraction of sp³-hybridized carbons (Fsp3) is 0.875. The van der Waals surface area contributed by atoms with Gasteiger partial charge in [-0.15, -0.1) is 0 Å². The summed E-state index contributed by atoms with van der Waals surface area (Å²) in [6.07, 6.45) is 1.79. The van der Waals surface area contributed by atoms with Crippen LogP contribution in [-0.2, 0) is 4.79 Å². The molecule has 3 heteroatoms. The van der Waals surface area contributed by atoms with Crippen LogP contribution in [0.4, 0.5) is 0 Å². The fourth-order valence-corrected chi connectivity index (χ4v) is 2.37. The maximum absolute atomic E-state index is 10.6. The van der Waals surface area contributed by atoms with Crippen LogP contribution < -0.4 is 5.32 Å². The van der Waals surface area contributed by atoms with E-state index in [1.807, 2.05) is 0 Å². The van der Waals surface area contributed by atoms with Crippen LogP contribution in [0.5, 0.6) is 0 Å². The molecule has 1 aliphatic carbocycles. The molecule has 0 aromatic heterocycles. The lowest BCUT2D eigenvalue weighted by molar-refractivity contribution is -0.141. The number of fused-ring (bicyclic) bond motifs is 1. The van der Waals surface area contributed by atoms with E-state index in [1.165, 1.54) is 0 Å². The van der Waals surface area contributed by atoms with Gasteiger partial charge >= 0.3 is 5.97 Å². The summed E-state index contributed by atoms with van der Waals surface area (Å²) in [4.78, 5) is 10.6. The van der Waals surface area contributed by atoms with Crippen molar-refractivity contribution in [2.75, 3.05) is 13.1 Å². The van der Waals surface area contributed by atoms with Gasteiger partial charge in [-0.25, -0.2) is 0 Å². The second kappa shape index (κ2) is 2.48. The smallest absolute Gasteiger partial charge is 0.306 e. The van der Waals surface area contributed by atoms with Gasteiger partial charge in [-0.1, -0.05) is 0 Å². The maximum atomic E-state index is 10.6. The van der Waals surface area contributed by atoms with Gasteiger partial charge < -0.3 is 10.4 Å². The molecular weight excluding hydrogens is 142 g/mol. The average molecular weight is 155 g/mol. The van der Waals surface area contributed by atoms with Crippen LogP contribution in [0, 0.1) is 17.8 Å². The van der Waals surface area contributed by atoms with Gasteiger partial charge in [0, 0.05) is 0 Å². The first-order valence-electron chi connectivity index (χ1n) is 4.21. The molecule has 0 bridgehead atoms. The molecule has 0 radical (unpaired) electrons. The summed E-state index contributed by atoms with van der Waals surface area (Å²) in [6, 6.07) is 0.